The average molecular weight is 349 g/mol. The van der Waals surface area contributed by atoms with Gasteiger partial charge in [0.05, 0.1) is 22.9 Å². The fraction of sp³-hybridized carbons (Fsp3) is 0.211. The van der Waals surface area contributed by atoms with Crippen molar-refractivity contribution >= 4 is 28.8 Å². The van der Waals surface area contributed by atoms with E-state index in [9.17, 15) is 4.79 Å². The molecule has 0 fully saturated rings. The van der Waals surface area contributed by atoms with Crippen LogP contribution in [0.1, 0.15) is 34.5 Å². The first-order chi connectivity index (χ1) is 12.6. The zero-order valence-corrected chi connectivity index (χ0v) is 14.9. The zero-order valence-electron chi connectivity index (χ0n) is 14.9. The molecule has 1 aromatic carbocycles. The number of imidazole rings is 1. The predicted molar refractivity (Wildman–Crippen MR) is 99.6 cm³/mol. The van der Waals surface area contributed by atoms with Crippen LogP contribution < -0.4 is 5.43 Å². The Bertz CT molecular complexity index is 1150. The SMILES string of the molecule is CCc1nn2c3ccccc3n(C)c2c1C(=O)N/N=C\c1ccc(C)o1. The van der Waals surface area contributed by atoms with Crippen molar-refractivity contribution in [3.63, 3.8) is 0 Å². The van der Waals surface area contributed by atoms with Gasteiger partial charge < -0.3 is 8.98 Å². The van der Waals surface area contributed by atoms with E-state index in [-0.39, 0.29) is 5.91 Å². The maximum atomic E-state index is 12.8. The Morgan fingerprint density at radius 3 is 2.73 bits per heavy atom. The van der Waals surface area contributed by atoms with Gasteiger partial charge in [-0.25, -0.2) is 9.94 Å². The first-order valence-electron chi connectivity index (χ1n) is 8.45. The van der Waals surface area contributed by atoms with Crippen molar-refractivity contribution in [2.24, 2.45) is 12.1 Å². The number of amides is 1. The van der Waals surface area contributed by atoms with Crippen LogP contribution in [0.15, 0.2) is 45.9 Å². The van der Waals surface area contributed by atoms with Gasteiger partial charge in [-0.3, -0.25) is 4.79 Å². The lowest BCUT2D eigenvalue weighted by Crippen LogP contribution is -2.19. The van der Waals surface area contributed by atoms with E-state index in [0.29, 0.717) is 17.7 Å². The van der Waals surface area contributed by atoms with E-state index in [4.69, 9.17) is 4.42 Å². The van der Waals surface area contributed by atoms with Crippen LogP contribution >= 0.6 is 0 Å². The van der Waals surface area contributed by atoms with Crippen LogP contribution in [0.2, 0.25) is 0 Å². The lowest BCUT2D eigenvalue weighted by molar-refractivity contribution is 0.0955. The standard InChI is InChI=1S/C19H19N5O2/c1-4-14-17(18(25)21-20-11-13-10-9-12(2)26-13)19-23(3)15-7-5-6-8-16(15)24(19)22-14/h5-11H,4H2,1-3H3,(H,21,25)/b20-11-. The highest BCUT2D eigenvalue weighted by molar-refractivity contribution is 6.03. The van der Waals surface area contributed by atoms with E-state index in [1.54, 1.807) is 6.07 Å². The molecule has 0 aliphatic heterocycles. The highest BCUT2D eigenvalue weighted by Crippen LogP contribution is 2.24. The van der Waals surface area contributed by atoms with Gasteiger partial charge in [-0.05, 0) is 37.6 Å². The number of fused-ring (bicyclic) bond motifs is 3. The van der Waals surface area contributed by atoms with Crippen LogP contribution in [0, 0.1) is 6.92 Å². The molecular formula is C19H19N5O2. The minimum Gasteiger partial charge on any atom is -0.460 e. The molecule has 26 heavy (non-hydrogen) atoms. The van der Waals surface area contributed by atoms with Crippen molar-refractivity contribution in [3.05, 3.63) is 59.2 Å². The Morgan fingerprint density at radius 1 is 1.27 bits per heavy atom. The number of aromatic nitrogens is 3. The normalized spacial score (nSPS) is 11.8. The molecule has 0 bridgehead atoms. The monoisotopic (exact) mass is 349 g/mol. The van der Waals surface area contributed by atoms with Gasteiger partial charge in [-0.1, -0.05) is 19.1 Å². The summed E-state index contributed by atoms with van der Waals surface area (Å²) in [5.41, 5.74) is 6.60. The highest BCUT2D eigenvalue weighted by atomic mass is 16.3. The van der Waals surface area contributed by atoms with Gasteiger partial charge in [-0.15, -0.1) is 0 Å². The van der Waals surface area contributed by atoms with Crippen molar-refractivity contribution in [2.45, 2.75) is 20.3 Å². The number of para-hydroxylation sites is 2. The molecule has 3 heterocycles. The number of hydrogen-bond donors (Lipinski definition) is 1. The minimum atomic E-state index is -0.290. The van der Waals surface area contributed by atoms with Crippen LogP contribution in [0.3, 0.4) is 0 Å². The van der Waals surface area contributed by atoms with Crippen molar-refractivity contribution in [3.8, 4) is 0 Å². The van der Waals surface area contributed by atoms with Gasteiger partial charge in [0, 0.05) is 7.05 Å². The topological polar surface area (TPSA) is 76.8 Å². The van der Waals surface area contributed by atoms with E-state index < -0.39 is 0 Å². The van der Waals surface area contributed by atoms with E-state index in [2.05, 4.69) is 15.6 Å². The molecule has 0 saturated carbocycles. The van der Waals surface area contributed by atoms with Crippen LogP contribution in [-0.4, -0.2) is 26.3 Å². The first kappa shape index (κ1) is 16.1. The summed E-state index contributed by atoms with van der Waals surface area (Å²) in [7, 11) is 1.93. The van der Waals surface area contributed by atoms with Crippen LogP contribution in [0.25, 0.3) is 16.7 Å². The van der Waals surface area contributed by atoms with Gasteiger partial charge in [0.2, 0.25) is 0 Å². The Labute approximate surface area is 149 Å². The number of carbonyl (C=O) groups excluding carboxylic acids is 1. The lowest BCUT2D eigenvalue weighted by Gasteiger charge is -2.02. The van der Waals surface area contributed by atoms with Crippen molar-refractivity contribution in [2.75, 3.05) is 0 Å². The van der Waals surface area contributed by atoms with Crippen LogP contribution in [-0.2, 0) is 13.5 Å². The second-order valence-corrected chi connectivity index (χ2v) is 6.11. The number of hydrazone groups is 1. The summed E-state index contributed by atoms with van der Waals surface area (Å²) in [5.74, 6) is 1.09. The number of furan rings is 1. The second-order valence-electron chi connectivity index (χ2n) is 6.11. The quantitative estimate of drug-likeness (QED) is 0.454. The molecular weight excluding hydrogens is 330 g/mol. The number of rotatable bonds is 4. The maximum absolute atomic E-state index is 12.8. The molecule has 0 atom stereocenters. The summed E-state index contributed by atoms with van der Waals surface area (Å²) in [6, 6.07) is 11.6. The summed E-state index contributed by atoms with van der Waals surface area (Å²) >= 11 is 0. The molecule has 3 aromatic heterocycles. The molecule has 4 aromatic rings. The maximum Gasteiger partial charge on any atom is 0.277 e. The number of aryl methyl sites for hydroxylation is 3. The van der Waals surface area contributed by atoms with Crippen LogP contribution in [0.5, 0.6) is 0 Å². The summed E-state index contributed by atoms with van der Waals surface area (Å²) in [4.78, 5) is 12.8. The molecule has 4 rings (SSSR count). The zero-order chi connectivity index (χ0) is 18.3. The average Bonchev–Trinajstić information content (AvgIpc) is 3.30. The summed E-state index contributed by atoms with van der Waals surface area (Å²) in [5, 5.41) is 8.65. The van der Waals surface area contributed by atoms with Gasteiger partial charge in [0.15, 0.2) is 0 Å². The Morgan fingerprint density at radius 2 is 2.04 bits per heavy atom. The molecule has 0 saturated heterocycles. The fourth-order valence-electron chi connectivity index (χ4n) is 3.19. The third-order valence-corrected chi connectivity index (χ3v) is 4.40. The summed E-state index contributed by atoms with van der Waals surface area (Å²) in [6.45, 7) is 3.84. The molecule has 0 radical (unpaired) electrons. The number of hydrogen-bond acceptors (Lipinski definition) is 4. The minimum absolute atomic E-state index is 0.290. The first-order valence-corrected chi connectivity index (χ1v) is 8.45. The van der Waals surface area contributed by atoms with Gasteiger partial charge in [0.1, 0.15) is 22.7 Å². The number of carbonyl (C=O) groups is 1. The fourth-order valence-corrected chi connectivity index (χ4v) is 3.19. The lowest BCUT2D eigenvalue weighted by atomic mass is 10.2. The summed E-state index contributed by atoms with van der Waals surface area (Å²) in [6.07, 6.45) is 2.14. The van der Waals surface area contributed by atoms with Gasteiger partial charge in [0.25, 0.3) is 5.91 Å². The molecule has 7 heteroatoms. The Hall–Kier alpha value is -3.35. The molecule has 0 spiro atoms. The third-order valence-electron chi connectivity index (χ3n) is 4.40. The molecule has 7 nitrogen and oxygen atoms in total. The molecule has 0 aliphatic rings. The van der Waals surface area contributed by atoms with Crippen LogP contribution in [0.4, 0.5) is 0 Å². The molecule has 0 aliphatic carbocycles. The van der Waals surface area contributed by atoms with Crippen molar-refractivity contribution < 1.29 is 9.21 Å². The van der Waals surface area contributed by atoms with Gasteiger partial charge in [-0.2, -0.15) is 10.2 Å². The third kappa shape index (κ3) is 2.48. The molecule has 1 amide bonds. The highest BCUT2D eigenvalue weighted by Gasteiger charge is 2.23. The van der Waals surface area contributed by atoms with E-state index >= 15 is 0 Å². The number of benzene rings is 1. The van der Waals surface area contributed by atoms with E-state index in [0.717, 1.165) is 28.1 Å². The number of nitrogens with one attached hydrogen (secondary N) is 1. The predicted octanol–water partition coefficient (Wildman–Crippen LogP) is 3.05. The Balaban J connectivity index is 1.74. The second kappa shape index (κ2) is 6.18. The van der Waals surface area contributed by atoms with E-state index in [1.807, 2.05) is 60.3 Å². The van der Waals surface area contributed by atoms with Crippen molar-refractivity contribution in [1.29, 1.82) is 0 Å². The van der Waals surface area contributed by atoms with E-state index in [1.165, 1.54) is 6.21 Å². The van der Waals surface area contributed by atoms with Crippen molar-refractivity contribution in [1.82, 2.24) is 19.6 Å². The summed E-state index contributed by atoms with van der Waals surface area (Å²) < 4.78 is 9.21. The molecule has 1 N–H and O–H groups in total. The smallest absolute Gasteiger partial charge is 0.277 e. The number of nitrogens with zero attached hydrogens (tertiary/aromatic N) is 4. The molecule has 0 unspecified atom stereocenters. The Kier molecular flexibility index (Phi) is 3.84. The van der Waals surface area contributed by atoms with Gasteiger partial charge >= 0.3 is 0 Å². The molecule has 132 valence electrons. The largest absolute Gasteiger partial charge is 0.460 e.